The van der Waals surface area contributed by atoms with Gasteiger partial charge in [0.25, 0.3) is 0 Å². The van der Waals surface area contributed by atoms with Crippen molar-refractivity contribution in [1.29, 1.82) is 0 Å². The summed E-state index contributed by atoms with van der Waals surface area (Å²) in [6.45, 7) is 1.93. The molecule has 0 aliphatic carbocycles. The van der Waals surface area contributed by atoms with Crippen molar-refractivity contribution in [2.24, 2.45) is 0 Å². The van der Waals surface area contributed by atoms with Gasteiger partial charge in [-0.1, -0.05) is 40.2 Å². The van der Waals surface area contributed by atoms with E-state index in [1.54, 1.807) is 0 Å². The lowest BCUT2D eigenvalue weighted by Crippen LogP contribution is -2.16. The molecule has 2 unspecified atom stereocenters. The van der Waals surface area contributed by atoms with Gasteiger partial charge in [0.1, 0.15) is 19.0 Å². The summed E-state index contributed by atoms with van der Waals surface area (Å²) in [5.74, 6) is 2.96. The smallest absolute Gasteiger partial charge is 0.161 e. The van der Waals surface area contributed by atoms with Crippen molar-refractivity contribution in [3.8, 4) is 17.2 Å². The molecule has 2 aromatic carbocycles. The first-order chi connectivity index (χ1) is 10.3. The summed E-state index contributed by atoms with van der Waals surface area (Å²) in [6.07, 6.45) is 0. The summed E-state index contributed by atoms with van der Waals surface area (Å²) in [5, 5.41) is 0. The Balaban J connectivity index is 1.65. The molecule has 2 aliphatic heterocycles. The molecule has 0 spiro atoms. The van der Waals surface area contributed by atoms with Crippen molar-refractivity contribution < 1.29 is 14.2 Å². The molecule has 21 heavy (non-hydrogen) atoms. The lowest BCUT2D eigenvalue weighted by atomic mass is 9.93. The van der Waals surface area contributed by atoms with Crippen LogP contribution >= 0.6 is 15.9 Å². The Morgan fingerprint density at radius 2 is 1.71 bits per heavy atom. The summed E-state index contributed by atoms with van der Waals surface area (Å²) < 4.78 is 17.0. The highest BCUT2D eigenvalue weighted by molar-refractivity contribution is 9.09. The Labute approximate surface area is 132 Å². The molecular formula is C17H15BrO3. The molecule has 0 bridgehead atoms. The standard InChI is InChI=1S/C17H15BrO3/c18-17(13-10-21-14-4-2-1-3-12(13)14)11-5-6-15-16(9-11)20-8-7-19-15/h1-6,9,13,17H,7-8,10H2. The highest BCUT2D eigenvalue weighted by Gasteiger charge is 2.31. The maximum atomic E-state index is 5.78. The second kappa shape index (κ2) is 5.26. The normalized spacial score (nSPS) is 20.5. The Hall–Kier alpha value is -1.68. The predicted molar refractivity (Wildman–Crippen MR) is 83.8 cm³/mol. The number of ether oxygens (including phenoxy) is 3. The van der Waals surface area contributed by atoms with E-state index in [1.807, 2.05) is 18.2 Å². The molecule has 0 radical (unpaired) electrons. The Bertz CT molecular complexity index is 671. The maximum absolute atomic E-state index is 5.78. The number of hydrogen-bond acceptors (Lipinski definition) is 3. The molecule has 4 heteroatoms. The van der Waals surface area contributed by atoms with Crippen molar-refractivity contribution in [3.63, 3.8) is 0 Å². The highest BCUT2D eigenvalue weighted by atomic mass is 79.9. The third-order valence-electron chi connectivity index (χ3n) is 3.97. The van der Waals surface area contributed by atoms with Crippen LogP contribution in [-0.2, 0) is 0 Å². The van der Waals surface area contributed by atoms with Crippen molar-refractivity contribution >= 4 is 15.9 Å². The fourth-order valence-electron chi connectivity index (χ4n) is 2.89. The summed E-state index contributed by atoms with van der Waals surface area (Å²) in [6, 6.07) is 14.4. The molecular weight excluding hydrogens is 332 g/mol. The zero-order valence-corrected chi connectivity index (χ0v) is 13.0. The fourth-order valence-corrected chi connectivity index (χ4v) is 3.62. The lowest BCUT2D eigenvalue weighted by molar-refractivity contribution is 0.171. The number of rotatable bonds is 2. The van der Waals surface area contributed by atoms with Gasteiger partial charge in [-0.25, -0.2) is 0 Å². The summed E-state index contributed by atoms with van der Waals surface area (Å²) in [7, 11) is 0. The molecule has 3 nitrogen and oxygen atoms in total. The van der Waals surface area contributed by atoms with Crippen LogP contribution < -0.4 is 14.2 Å². The van der Waals surface area contributed by atoms with Crippen LogP contribution in [0, 0.1) is 0 Å². The minimum absolute atomic E-state index is 0.192. The summed E-state index contributed by atoms with van der Waals surface area (Å²) in [5.41, 5.74) is 2.44. The van der Waals surface area contributed by atoms with Gasteiger partial charge in [0.15, 0.2) is 11.5 Å². The molecule has 0 amide bonds. The third-order valence-corrected chi connectivity index (χ3v) is 5.14. The van der Waals surface area contributed by atoms with Gasteiger partial charge in [-0.15, -0.1) is 0 Å². The molecule has 4 rings (SSSR count). The second-order valence-electron chi connectivity index (χ2n) is 5.26. The molecule has 0 saturated heterocycles. The zero-order chi connectivity index (χ0) is 14.2. The first kappa shape index (κ1) is 13.0. The van der Waals surface area contributed by atoms with Crippen molar-refractivity contribution in [2.45, 2.75) is 10.7 Å². The molecule has 108 valence electrons. The molecule has 2 aromatic rings. The Morgan fingerprint density at radius 1 is 0.905 bits per heavy atom. The molecule has 2 aliphatic rings. The fraction of sp³-hybridized carbons (Fsp3) is 0.294. The SMILES string of the molecule is BrC(c1ccc2c(c1)OCCO2)C1COc2ccccc21. The van der Waals surface area contributed by atoms with Gasteiger partial charge in [-0.05, 0) is 23.8 Å². The van der Waals surface area contributed by atoms with Crippen LogP contribution in [0.1, 0.15) is 21.9 Å². The molecule has 2 heterocycles. The van der Waals surface area contributed by atoms with E-state index >= 15 is 0 Å². The lowest BCUT2D eigenvalue weighted by Gasteiger charge is -2.22. The van der Waals surface area contributed by atoms with Crippen molar-refractivity contribution in [2.75, 3.05) is 19.8 Å². The minimum Gasteiger partial charge on any atom is -0.493 e. The van der Waals surface area contributed by atoms with Crippen molar-refractivity contribution in [1.82, 2.24) is 0 Å². The van der Waals surface area contributed by atoms with Crippen molar-refractivity contribution in [3.05, 3.63) is 53.6 Å². The van der Waals surface area contributed by atoms with E-state index in [4.69, 9.17) is 14.2 Å². The second-order valence-corrected chi connectivity index (χ2v) is 6.25. The van der Waals surface area contributed by atoms with E-state index in [-0.39, 0.29) is 4.83 Å². The van der Waals surface area contributed by atoms with E-state index in [9.17, 15) is 0 Å². The van der Waals surface area contributed by atoms with E-state index in [0.29, 0.717) is 25.7 Å². The van der Waals surface area contributed by atoms with Crippen LogP contribution in [0.3, 0.4) is 0 Å². The average molecular weight is 347 g/mol. The van der Waals surface area contributed by atoms with Gasteiger partial charge in [-0.2, -0.15) is 0 Å². The van der Waals surface area contributed by atoms with E-state index in [0.717, 1.165) is 17.2 Å². The molecule has 2 atom stereocenters. The predicted octanol–water partition coefficient (Wildman–Crippen LogP) is 4.07. The maximum Gasteiger partial charge on any atom is 0.161 e. The quantitative estimate of drug-likeness (QED) is 0.767. The van der Waals surface area contributed by atoms with Gasteiger partial charge in [0, 0.05) is 16.3 Å². The van der Waals surface area contributed by atoms with Crippen LogP contribution in [0.2, 0.25) is 0 Å². The van der Waals surface area contributed by atoms with Gasteiger partial charge in [0.2, 0.25) is 0 Å². The molecule has 0 aromatic heterocycles. The summed E-state index contributed by atoms with van der Waals surface area (Å²) >= 11 is 3.83. The number of alkyl halides is 1. The topological polar surface area (TPSA) is 27.7 Å². The highest BCUT2D eigenvalue weighted by Crippen LogP contribution is 2.46. The van der Waals surface area contributed by atoms with E-state index < -0.39 is 0 Å². The number of halogens is 1. The van der Waals surface area contributed by atoms with Crippen LogP contribution in [-0.4, -0.2) is 19.8 Å². The van der Waals surface area contributed by atoms with Crippen LogP contribution in [0.25, 0.3) is 0 Å². The Morgan fingerprint density at radius 3 is 2.62 bits per heavy atom. The van der Waals surface area contributed by atoms with Crippen LogP contribution in [0.15, 0.2) is 42.5 Å². The summed E-state index contributed by atoms with van der Waals surface area (Å²) in [4.78, 5) is 0.192. The van der Waals surface area contributed by atoms with E-state index in [2.05, 4.69) is 40.2 Å². The molecule has 0 N–H and O–H groups in total. The minimum atomic E-state index is 0.192. The monoisotopic (exact) mass is 346 g/mol. The van der Waals surface area contributed by atoms with E-state index in [1.165, 1.54) is 11.1 Å². The molecule has 0 fully saturated rings. The first-order valence-corrected chi connectivity index (χ1v) is 8.00. The van der Waals surface area contributed by atoms with Crippen LogP contribution in [0.4, 0.5) is 0 Å². The largest absolute Gasteiger partial charge is 0.493 e. The van der Waals surface area contributed by atoms with Gasteiger partial charge >= 0.3 is 0 Å². The van der Waals surface area contributed by atoms with Gasteiger partial charge in [0.05, 0.1) is 6.61 Å². The number of benzene rings is 2. The number of hydrogen-bond donors (Lipinski definition) is 0. The zero-order valence-electron chi connectivity index (χ0n) is 11.4. The number of para-hydroxylation sites is 1. The Kier molecular flexibility index (Phi) is 3.26. The average Bonchev–Trinajstić information content (AvgIpc) is 2.98. The van der Waals surface area contributed by atoms with Gasteiger partial charge < -0.3 is 14.2 Å². The molecule has 0 saturated carbocycles. The van der Waals surface area contributed by atoms with Gasteiger partial charge in [-0.3, -0.25) is 0 Å². The first-order valence-electron chi connectivity index (χ1n) is 7.08. The number of fused-ring (bicyclic) bond motifs is 2. The third kappa shape index (κ3) is 2.27. The van der Waals surface area contributed by atoms with Crippen LogP contribution in [0.5, 0.6) is 17.2 Å².